The molecule has 2 amide bonds. The molecule has 0 bridgehead atoms. The number of halogens is 2. The van der Waals surface area contributed by atoms with Gasteiger partial charge in [-0.2, -0.15) is 0 Å². The van der Waals surface area contributed by atoms with Crippen LogP contribution in [-0.4, -0.2) is 23.8 Å². The van der Waals surface area contributed by atoms with Crippen LogP contribution in [0, 0.1) is 0 Å². The quantitative estimate of drug-likeness (QED) is 0.785. The van der Waals surface area contributed by atoms with Gasteiger partial charge in [0.1, 0.15) is 0 Å². The van der Waals surface area contributed by atoms with Gasteiger partial charge in [0.15, 0.2) is 0 Å². The third-order valence-electron chi connectivity index (χ3n) is 2.21. The molecule has 88 valence electrons. The van der Waals surface area contributed by atoms with Crippen LogP contribution in [0.15, 0.2) is 34.1 Å². The Balaban J connectivity index is 2.28. The summed E-state index contributed by atoms with van der Waals surface area (Å²) in [6.07, 6.45) is 1.30. The molecule has 2 rings (SSSR count). The van der Waals surface area contributed by atoms with Crippen molar-refractivity contribution in [3.63, 3.8) is 0 Å². The van der Waals surface area contributed by atoms with Crippen LogP contribution in [0.25, 0.3) is 0 Å². The third-order valence-corrected chi connectivity index (χ3v) is 3.96. The van der Waals surface area contributed by atoms with Crippen LogP contribution in [0.1, 0.15) is 0 Å². The molecule has 1 aromatic carbocycles. The Kier molecular flexibility index (Phi) is 3.47. The Morgan fingerprint density at radius 2 is 1.94 bits per heavy atom. The predicted octanol–water partition coefficient (Wildman–Crippen LogP) is 2.97. The number of likely N-dealkylation sites (N-methyl/N-ethyl adjacent to an activating group) is 1. The first-order valence-electron chi connectivity index (χ1n) is 4.65. The minimum Gasteiger partial charge on any atom is -0.278 e. The standard InChI is InChI=1S/C11H7Cl2NO2S/c1-14-10(15)5-9(11(14)16)17-8-4-6(12)2-3-7(8)13/h2-5H,1H3. The molecule has 0 fully saturated rings. The zero-order valence-corrected chi connectivity index (χ0v) is 11.1. The zero-order chi connectivity index (χ0) is 12.6. The van der Waals surface area contributed by atoms with E-state index in [1.165, 1.54) is 13.1 Å². The first-order valence-corrected chi connectivity index (χ1v) is 6.23. The molecular formula is C11H7Cl2NO2S. The van der Waals surface area contributed by atoms with Gasteiger partial charge in [-0.15, -0.1) is 0 Å². The molecule has 3 nitrogen and oxygen atoms in total. The number of carbonyl (C=O) groups excluding carboxylic acids is 2. The molecule has 1 heterocycles. The average Bonchev–Trinajstić information content (AvgIpc) is 2.52. The van der Waals surface area contributed by atoms with Crippen LogP contribution in [0.5, 0.6) is 0 Å². The fraction of sp³-hybridized carbons (Fsp3) is 0.0909. The first kappa shape index (κ1) is 12.5. The number of hydrogen-bond acceptors (Lipinski definition) is 3. The highest BCUT2D eigenvalue weighted by atomic mass is 35.5. The number of amides is 2. The molecule has 0 saturated heterocycles. The largest absolute Gasteiger partial charge is 0.278 e. The Hall–Kier alpha value is -0.970. The highest BCUT2D eigenvalue weighted by Crippen LogP contribution is 2.36. The second-order valence-electron chi connectivity index (χ2n) is 3.39. The van der Waals surface area contributed by atoms with Crippen molar-refractivity contribution in [1.82, 2.24) is 4.90 Å². The van der Waals surface area contributed by atoms with Crippen molar-refractivity contribution in [2.24, 2.45) is 0 Å². The van der Waals surface area contributed by atoms with Gasteiger partial charge in [-0.3, -0.25) is 14.5 Å². The van der Waals surface area contributed by atoms with E-state index in [1.807, 2.05) is 0 Å². The van der Waals surface area contributed by atoms with Crippen LogP contribution in [-0.2, 0) is 9.59 Å². The predicted molar refractivity (Wildman–Crippen MR) is 68.2 cm³/mol. The highest BCUT2D eigenvalue weighted by molar-refractivity contribution is 8.04. The minimum atomic E-state index is -0.323. The van der Waals surface area contributed by atoms with Gasteiger partial charge in [-0.25, -0.2) is 0 Å². The second kappa shape index (κ2) is 4.72. The van der Waals surface area contributed by atoms with Crippen LogP contribution in [0.3, 0.4) is 0 Å². The normalized spacial score (nSPS) is 15.5. The highest BCUT2D eigenvalue weighted by Gasteiger charge is 2.28. The summed E-state index contributed by atoms with van der Waals surface area (Å²) in [6, 6.07) is 4.97. The van der Waals surface area contributed by atoms with Gasteiger partial charge in [0.25, 0.3) is 11.8 Å². The van der Waals surface area contributed by atoms with Crippen molar-refractivity contribution >= 4 is 46.8 Å². The SMILES string of the molecule is CN1C(=O)C=C(Sc2cc(Cl)ccc2Cl)C1=O. The van der Waals surface area contributed by atoms with E-state index in [0.29, 0.717) is 19.8 Å². The van der Waals surface area contributed by atoms with Gasteiger partial charge in [0.05, 0.1) is 9.93 Å². The van der Waals surface area contributed by atoms with Crippen molar-refractivity contribution in [3.05, 3.63) is 39.2 Å². The summed E-state index contributed by atoms with van der Waals surface area (Å²) in [7, 11) is 1.44. The summed E-state index contributed by atoms with van der Waals surface area (Å²) in [5.41, 5.74) is 0. The number of carbonyl (C=O) groups is 2. The molecule has 1 aromatic rings. The summed E-state index contributed by atoms with van der Waals surface area (Å²) in [4.78, 5) is 25.0. The summed E-state index contributed by atoms with van der Waals surface area (Å²) in [5, 5.41) is 1.03. The second-order valence-corrected chi connectivity index (χ2v) is 5.32. The molecule has 0 radical (unpaired) electrons. The lowest BCUT2D eigenvalue weighted by Crippen LogP contribution is -2.25. The molecular weight excluding hydrogens is 281 g/mol. The number of rotatable bonds is 2. The number of thioether (sulfide) groups is 1. The monoisotopic (exact) mass is 287 g/mol. The van der Waals surface area contributed by atoms with E-state index in [-0.39, 0.29) is 11.8 Å². The van der Waals surface area contributed by atoms with Crippen LogP contribution >= 0.6 is 35.0 Å². The zero-order valence-electron chi connectivity index (χ0n) is 8.74. The van der Waals surface area contributed by atoms with Crippen molar-refractivity contribution in [1.29, 1.82) is 0 Å². The van der Waals surface area contributed by atoms with Gasteiger partial charge in [0.2, 0.25) is 0 Å². The molecule has 6 heteroatoms. The number of nitrogens with zero attached hydrogens (tertiary/aromatic N) is 1. The summed E-state index contributed by atoms with van der Waals surface area (Å²) in [5.74, 6) is -0.647. The Morgan fingerprint density at radius 1 is 1.24 bits per heavy atom. The van der Waals surface area contributed by atoms with E-state index in [1.54, 1.807) is 18.2 Å². The molecule has 17 heavy (non-hydrogen) atoms. The Morgan fingerprint density at radius 3 is 2.53 bits per heavy atom. The van der Waals surface area contributed by atoms with Crippen molar-refractivity contribution in [2.45, 2.75) is 4.90 Å². The molecule has 0 aliphatic carbocycles. The molecule has 0 unspecified atom stereocenters. The van der Waals surface area contributed by atoms with E-state index in [9.17, 15) is 9.59 Å². The molecule has 0 spiro atoms. The van der Waals surface area contributed by atoms with Crippen molar-refractivity contribution in [2.75, 3.05) is 7.05 Å². The van der Waals surface area contributed by atoms with Gasteiger partial charge < -0.3 is 0 Å². The fourth-order valence-electron chi connectivity index (χ4n) is 1.28. The van der Waals surface area contributed by atoms with Gasteiger partial charge >= 0.3 is 0 Å². The Bertz CT molecular complexity index is 542. The maximum atomic E-state index is 11.7. The first-order chi connectivity index (χ1) is 7.99. The maximum Gasteiger partial charge on any atom is 0.267 e. The number of imide groups is 1. The fourth-order valence-corrected chi connectivity index (χ4v) is 2.73. The molecule has 0 saturated carbocycles. The lowest BCUT2D eigenvalue weighted by atomic mass is 10.4. The van der Waals surface area contributed by atoms with Gasteiger partial charge in [0, 0.05) is 23.0 Å². The molecule has 0 atom stereocenters. The topological polar surface area (TPSA) is 37.4 Å². The lowest BCUT2D eigenvalue weighted by Gasteiger charge is -2.07. The summed E-state index contributed by atoms with van der Waals surface area (Å²) < 4.78 is 0. The van der Waals surface area contributed by atoms with Crippen molar-refractivity contribution < 1.29 is 9.59 Å². The smallest absolute Gasteiger partial charge is 0.267 e. The van der Waals surface area contributed by atoms with E-state index in [4.69, 9.17) is 23.2 Å². The molecule has 1 aliphatic rings. The third kappa shape index (κ3) is 2.49. The average molecular weight is 288 g/mol. The number of benzene rings is 1. The minimum absolute atomic E-state index is 0.323. The van der Waals surface area contributed by atoms with Crippen molar-refractivity contribution in [3.8, 4) is 0 Å². The molecule has 1 aliphatic heterocycles. The Labute approximate surface area is 112 Å². The summed E-state index contributed by atoms with van der Waals surface area (Å²) >= 11 is 13.0. The van der Waals surface area contributed by atoms with E-state index in [0.717, 1.165) is 16.7 Å². The van der Waals surface area contributed by atoms with Crippen LogP contribution < -0.4 is 0 Å². The lowest BCUT2D eigenvalue weighted by molar-refractivity contribution is -0.135. The van der Waals surface area contributed by atoms with E-state index < -0.39 is 0 Å². The van der Waals surface area contributed by atoms with E-state index in [2.05, 4.69) is 0 Å². The molecule has 0 N–H and O–H groups in total. The van der Waals surface area contributed by atoms with Gasteiger partial charge in [-0.1, -0.05) is 35.0 Å². The summed E-state index contributed by atoms with van der Waals surface area (Å²) in [6.45, 7) is 0. The van der Waals surface area contributed by atoms with Crippen LogP contribution in [0.2, 0.25) is 10.0 Å². The van der Waals surface area contributed by atoms with Gasteiger partial charge in [-0.05, 0) is 18.2 Å². The maximum absolute atomic E-state index is 11.7. The van der Waals surface area contributed by atoms with Crippen LogP contribution in [0.4, 0.5) is 0 Å². The molecule has 0 aromatic heterocycles. The number of hydrogen-bond donors (Lipinski definition) is 0. The van der Waals surface area contributed by atoms with E-state index >= 15 is 0 Å².